The minimum atomic E-state index is -0.560. The van der Waals surface area contributed by atoms with Gasteiger partial charge in [-0.3, -0.25) is 9.59 Å². The summed E-state index contributed by atoms with van der Waals surface area (Å²) in [6.45, 7) is 2.15. The summed E-state index contributed by atoms with van der Waals surface area (Å²) in [5, 5.41) is 4.46. The molecule has 1 fully saturated rings. The summed E-state index contributed by atoms with van der Waals surface area (Å²) in [4.78, 5) is 27.8. The number of nitrogens with zero attached hydrogens (tertiary/aromatic N) is 1. The first-order valence-electron chi connectivity index (χ1n) is 11.1. The van der Waals surface area contributed by atoms with Crippen LogP contribution in [0.3, 0.4) is 0 Å². The van der Waals surface area contributed by atoms with Crippen LogP contribution >= 0.6 is 35.0 Å². The van der Waals surface area contributed by atoms with Crippen LogP contribution in [0.5, 0.6) is 0 Å². The van der Waals surface area contributed by atoms with E-state index in [1.165, 1.54) is 18.2 Å². The standard InChI is InChI=1S/C25H30Cl2N2O2S/c1-18(25(31)28-23-11-3-2-4-12-23)29(15-19-7-5-9-21(26)13-19)24(30)17-32-16-20-8-6-10-22(27)14-20/h5-10,13-14,18,23H,2-4,11-12,15-17H2,1H3,(H,28,31)/t18-/m0/s1. The van der Waals surface area contributed by atoms with Crippen LogP contribution in [-0.4, -0.2) is 34.6 Å². The van der Waals surface area contributed by atoms with Gasteiger partial charge in [0.05, 0.1) is 5.75 Å². The minimum Gasteiger partial charge on any atom is -0.352 e. The van der Waals surface area contributed by atoms with Crippen molar-refractivity contribution < 1.29 is 9.59 Å². The van der Waals surface area contributed by atoms with Crippen molar-refractivity contribution in [3.8, 4) is 0 Å². The van der Waals surface area contributed by atoms with Gasteiger partial charge in [0.25, 0.3) is 0 Å². The zero-order valence-corrected chi connectivity index (χ0v) is 20.7. The smallest absolute Gasteiger partial charge is 0.242 e. The fourth-order valence-electron chi connectivity index (χ4n) is 3.95. The highest BCUT2D eigenvalue weighted by Gasteiger charge is 2.28. The molecule has 0 spiro atoms. The Balaban J connectivity index is 1.65. The number of nitrogens with one attached hydrogen (secondary N) is 1. The van der Waals surface area contributed by atoms with Crippen molar-refractivity contribution in [2.45, 2.75) is 63.4 Å². The molecule has 1 saturated carbocycles. The zero-order valence-electron chi connectivity index (χ0n) is 18.4. The van der Waals surface area contributed by atoms with Gasteiger partial charge in [0, 0.05) is 28.4 Å². The van der Waals surface area contributed by atoms with Gasteiger partial charge in [-0.15, -0.1) is 11.8 Å². The van der Waals surface area contributed by atoms with Gasteiger partial charge in [-0.25, -0.2) is 0 Å². The quantitative estimate of drug-likeness (QED) is 0.460. The molecule has 0 radical (unpaired) electrons. The second-order valence-electron chi connectivity index (χ2n) is 8.29. The van der Waals surface area contributed by atoms with Gasteiger partial charge in [-0.1, -0.05) is 66.7 Å². The molecule has 2 amide bonds. The van der Waals surface area contributed by atoms with Crippen LogP contribution in [0.4, 0.5) is 0 Å². The van der Waals surface area contributed by atoms with E-state index in [0.29, 0.717) is 22.3 Å². The average molecular weight is 494 g/mol. The van der Waals surface area contributed by atoms with Gasteiger partial charge in [0.2, 0.25) is 11.8 Å². The Morgan fingerprint density at radius 3 is 2.31 bits per heavy atom. The molecule has 1 N–H and O–H groups in total. The molecule has 0 bridgehead atoms. The van der Waals surface area contributed by atoms with E-state index in [2.05, 4.69) is 5.32 Å². The largest absolute Gasteiger partial charge is 0.352 e. The van der Waals surface area contributed by atoms with Crippen LogP contribution in [0.2, 0.25) is 10.0 Å². The summed E-state index contributed by atoms with van der Waals surface area (Å²) in [6.07, 6.45) is 5.53. The van der Waals surface area contributed by atoms with Crippen LogP contribution in [0.15, 0.2) is 48.5 Å². The molecular weight excluding hydrogens is 463 g/mol. The predicted molar refractivity (Wildman–Crippen MR) is 134 cm³/mol. The molecule has 1 aliphatic carbocycles. The van der Waals surface area contributed by atoms with Gasteiger partial charge < -0.3 is 10.2 Å². The predicted octanol–water partition coefficient (Wildman–Crippen LogP) is 6.09. The summed E-state index contributed by atoms with van der Waals surface area (Å²) < 4.78 is 0. The second kappa shape index (κ2) is 12.5. The molecule has 3 rings (SSSR count). The highest BCUT2D eigenvalue weighted by atomic mass is 35.5. The van der Waals surface area contributed by atoms with Crippen molar-refractivity contribution >= 4 is 46.8 Å². The number of hydrogen-bond acceptors (Lipinski definition) is 3. The average Bonchev–Trinajstić information content (AvgIpc) is 2.77. The van der Waals surface area contributed by atoms with Gasteiger partial charge in [0.1, 0.15) is 6.04 Å². The molecule has 0 saturated heterocycles. The summed E-state index contributed by atoms with van der Waals surface area (Å²) >= 11 is 13.7. The van der Waals surface area contributed by atoms with E-state index in [4.69, 9.17) is 23.2 Å². The van der Waals surface area contributed by atoms with Gasteiger partial charge >= 0.3 is 0 Å². The fraction of sp³-hybridized carbons (Fsp3) is 0.440. The van der Waals surface area contributed by atoms with Crippen LogP contribution in [0.25, 0.3) is 0 Å². The molecule has 7 heteroatoms. The van der Waals surface area contributed by atoms with E-state index in [1.807, 2.05) is 49.4 Å². The first-order chi connectivity index (χ1) is 15.4. The minimum absolute atomic E-state index is 0.0664. The molecule has 2 aromatic rings. The Morgan fingerprint density at radius 1 is 1.03 bits per heavy atom. The molecular formula is C25H30Cl2N2O2S. The molecule has 172 valence electrons. The van der Waals surface area contributed by atoms with Gasteiger partial charge in [-0.05, 0) is 55.2 Å². The summed E-state index contributed by atoms with van der Waals surface area (Å²) in [7, 11) is 0. The lowest BCUT2D eigenvalue weighted by Gasteiger charge is -2.31. The Morgan fingerprint density at radius 2 is 1.66 bits per heavy atom. The summed E-state index contributed by atoms with van der Waals surface area (Å²) in [5.41, 5.74) is 1.97. The van der Waals surface area contributed by atoms with Crippen molar-refractivity contribution in [3.63, 3.8) is 0 Å². The van der Waals surface area contributed by atoms with Gasteiger partial charge in [-0.2, -0.15) is 0 Å². The number of benzene rings is 2. The first-order valence-corrected chi connectivity index (χ1v) is 13.0. The number of thioether (sulfide) groups is 1. The van der Waals surface area contributed by atoms with E-state index in [-0.39, 0.29) is 23.6 Å². The first kappa shape index (κ1) is 24.9. The van der Waals surface area contributed by atoms with Crippen molar-refractivity contribution in [2.24, 2.45) is 0 Å². The maximum atomic E-state index is 13.2. The third-order valence-corrected chi connectivity index (χ3v) is 7.20. The Kier molecular flexibility index (Phi) is 9.76. The van der Waals surface area contributed by atoms with E-state index >= 15 is 0 Å². The molecule has 2 aromatic carbocycles. The third-order valence-electron chi connectivity index (χ3n) is 5.74. The van der Waals surface area contributed by atoms with Crippen molar-refractivity contribution in [2.75, 3.05) is 5.75 Å². The number of carbonyl (C=O) groups excluding carboxylic acids is 2. The lowest BCUT2D eigenvalue weighted by Crippen LogP contribution is -2.50. The van der Waals surface area contributed by atoms with Crippen molar-refractivity contribution in [1.82, 2.24) is 10.2 Å². The van der Waals surface area contributed by atoms with Crippen LogP contribution < -0.4 is 5.32 Å². The lowest BCUT2D eigenvalue weighted by atomic mass is 9.95. The third kappa shape index (κ3) is 7.72. The molecule has 32 heavy (non-hydrogen) atoms. The molecule has 1 aliphatic rings. The van der Waals surface area contributed by atoms with E-state index < -0.39 is 6.04 Å². The topological polar surface area (TPSA) is 49.4 Å². The van der Waals surface area contributed by atoms with E-state index in [9.17, 15) is 9.59 Å². The number of halogens is 2. The van der Waals surface area contributed by atoms with Crippen LogP contribution in [-0.2, 0) is 21.9 Å². The fourth-order valence-corrected chi connectivity index (χ4v) is 5.23. The Labute approximate surface area is 205 Å². The number of rotatable bonds is 9. The number of hydrogen-bond donors (Lipinski definition) is 1. The van der Waals surface area contributed by atoms with Gasteiger partial charge in [0.15, 0.2) is 0 Å². The highest BCUT2D eigenvalue weighted by molar-refractivity contribution is 7.99. The molecule has 0 aliphatic heterocycles. The normalized spacial score (nSPS) is 15.2. The van der Waals surface area contributed by atoms with E-state index in [1.54, 1.807) is 11.0 Å². The molecule has 0 unspecified atom stereocenters. The molecule has 0 heterocycles. The lowest BCUT2D eigenvalue weighted by molar-refractivity contribution is -0.139. The summed E-state index contributed by atoms with van der Waals surface area (Å²) in [6, 6.07) is 14.7. The van der Waals surface area contributed by atoms with E-state index in [0.717, 1.165) is 36.8 Å². The SMILES string of the molecule is C[C@@H](C(=O)NC1CCCCC1)N(Cc1cccc(Cl)c1)C(=O)CSCc1cccc(Cl)c1. The maximum Gasteiger partial charge on any atom is 0.242 e. The summed E-state index contributed by atoms with van der Waals surface area (Å²) in [5.74, 6) is 0.809. The molecule has 4 nitrogen and oxygen atoms in total. The van der Waals surface area contributed by atoms with Crippen LogP contribution in [0.1, 0.15) is 50.2 Å². The Bertz CT molecular complexity index is 918. The van der Waals surface area contributed by atoms with Crippen molar-refractivity contribution in [3.05, 3.63) is 69.7 Å². The molecule has 1 atom stereocenters. The monoisotopic (exact) mass is 492 g/mol. The number of amides is 2. The Hall–Kier alpha value is -1.69. The second-order valence-corrected chi connectivity index (χ2v) is 10.2. The molecule has 0 aromatic heterocycles. The van der Waals surface area contributed by atoms with Crippen molar-refractivity contribution in [1.29, 1.82) is 0 Å². The number of carbonyl (C=O) groups is 2. The maximum absolute atomic E-state index is 13.2. The highest BCUT2D eigenvalue weighted by Crippen LogP contribution is 2.21. The zero-order chi connectivity index (χ0) is 22.9. The van der Waals surface area contributed by atoms with Crippen LogP contribution in [0, 0.1) is 0 Å².